The molecule has 140 valence electrons. The highest BCUT2D eigenvalue weighted by Gasteiger charge is 2.17. The first-order valence-electron chi connectivity index (χ1n) is 8.76. The maximum Gasteiger partial charge on any atom is 0.263 e. The molecule has 0 saturated carbocycles. The van der Waals surface area contributed by atoms with Crippen molar-refractivity contribution in [2.24, 2.45) is 0 Å². The smallest absolute Gasteiger partial charge is 0.263 e. The van der Waals surface area contributed by atoms with Gasteiger partial charge in [0.05, 0.1) is 12.8 Å². The van der Waals surface area contributed by atoms with Crippen LogP contribution in [0.1, 0.15) is 20.9 Å². The average Bonchev–Trinajstić information content (AvgIpc) is 3.10. The number of carbonyl (C=O) groups excluding carboxylic acids is 1. The number of hydrogen-bond acceptors (Lipinski definition) is 5. The van der Waals surface area contributed by atoms with Gasteiger partial charge >= 0.3 is 0 Å². The van der Waals surface area contributed by atoms with E-state index in [1.165, 1.54) is 11.3 Å². The molecule has 5 nitrogen and oxygen atoms in total. The number of rotatable bonds is 7. The number of hydrogen-bond donors (Lipinski definition) is 1. The molecule has 6 heteroatoms. The lowest BCUT2D eigenvalue weighted by Gasteiger charge is -2.15. The zero-order valence-corrected chi connectivity index (χ0v) is 16.5. The van der Waals surface area contributed by atoms with Gasteiger partial charge in [-0.05, 0) is 43.2 Å². The minimum absolute atomic E-state index is 0.0776. The molecule has 1 N–H and O–H groups in total. The summed E-state index contributed by atoms with van der Waals surface area (Å²) in [6, 6.07) is 17.9. The third-order valence-electron chi connectivity index (χ3n) is 4.28. The Morgan fingerprint density at radius 1 is 1.15 bits per heavy atom. The largest absolute Gasteiger partial charge is 0.497 e. The van der Waals surface area contributed by atoms with Crippen LogP contribution in [0, 0.1) is 6.92 Å². The Labute approximate surface area is 163 Å². The molecule has 0 aliphatic heterocycles. The molecule has 0 saturated heterocycles. The highest BCUT2D eigenvalue weighted by molar-refractivity contribution is 7.17. The molecule has 0 atom stereocenters. The van der Waals surface area contributed by atoms with Crippen LogP contribution in [0.3, 0.4) is 0 Å². The predicted molar refractivity (Wildman–Crippen MR) is 110 cm³/mol. The number of para-hydroxylation sites is 1. The Hall–Kier alpha value is -2.86. The van der Waals surface area contributed by atoms with E-state index in [2.05, 4.69) is 10.3 Å². The summed E-state index contributed by atoms with van der Waals surface area (Å²) in [5.74, 6) is 0.754. The fourth-order valence-corrected chi connectivity index (χ4v) is 3.66. The van der Waals surface area contributed by atoms with Gasteiger partial charge in [-0.25, -0.2) is 4.98 Å². The van der Waals surface area contributed by atoms with Crippen molar-refractivity contribution in [2.45, 2.75) is 13.3 Å². The van der Waals surface area contributed by atoms with Crippen molar-refractivity contribution in [3.8, 4) is 5.75 Å². The lowest BCUT2D eigenvalue weighted by molar-refractivity contribution is 0.0957. The summed E-state index contributed by atoms with van der Waals surface area (Å²) < 4.78 is 5.16. The van der Waals surface area contributed by atoms with Crippen molar-refractivity contribution in [2.75, 3.05) is 25.6 Å². The first kappa shape index (κ1) is 18.9. The molecule has 0 aliphatic carbocycles. The summed E-state index contributed by atoms with van der Waals surface area (Å²) >= 11 is 1.41. The zero-order valence-electron chi connectivity index (χ0n) is 15.7. The van der Waals surface area contributed by atoms with Gasteiger partial charge in [0, 0.05) is 19.3 Å². The highest BCUT2D eigenvalue weighted by atomic mass is 32.1. The van der Waals surface area contributed by atoms with E-state index in [1.807, 2.05) is 73.5 Å². The third kappa shape index (κ3) is 4.65. The molecule has 0 unspecified atom stereocenters. The van der Waals surface area contributed by atoms with Gasteiger partial charge in [-0.2, -0.15) is 0 Å². The summed E-state index contributed by atoms with van der Waals surface area (Å²) in [4.78, 5) is 19.8. The fourth-order valence-electron chi connectivity index (χ4n) is 2.69. The Kier molecular flexibility index (Phi) is 6.08. The van der Waals surface area contributed by atoms with Crippen LogP contribution < -0.4 is 15.0 Å². The van der Waals surface area contributed by atoms with Crippen molar-refractivity contribution in [1.29, 1.82) is 0 Å². The van der Waals surface area contributed by atoms with Gasteiger partial charge in [-0.15, -0.1) is 0 Å². The molecule has 1 heterocycles. The minimum atomic E-state index is -0.0776. The van der Waals surface area contributed by atoms with Crippen LogP contribution in [-0.4, -0.2) is 31.6 Å². The monoisotopic (exact) mass is 381 g/mol. The SMILES string of the molecule is COc1ccc(CCNC(=O)c2sc(N(C)c3ccccc3)nc2C)cc1. The Morgan fingerprint density at radius 3 is 2.52 bits per heavy atom. The maximum atomic E-state index is 12.5. The van der Waals surface area contributed by atoms with E-state index in [0.717, 1.165) is 34.2 Å². The van der Waals surface area contributed by atoms with Gasteiger partial charge in [0.25, 0.3) is 5.91 Å². The number of thiazole rings is 1. The topological polar surface area (TPSA) is 54.5 Å². The van der Waals surface area contributed by atoms with Crippen LogP contribution >= 0.6 is 11.3 Å². The molecular weight excluding hydrogens is 358 g/mol. The van der Waals surface area contributed by atoms with Gasteiger partial charge < -0.3 is 15.0 Å². The molecule has 1 amide bonds. The Bertz CT molecular complexity index is 892. The predicted octanol–water partition coefficient (Wildman–Crippen LogP) is 4.20. The molecule has 0 spiro atoms. The normalized spacial score (nSPS) is 10.5. The van der Waals surface area contributed by atoms with Crippen molar-refractivity contribution >= 4 is 28.1 Å². The van der Waals surface area contributed by atoms with Crippen LogP contribution in [0.5, 0.6) is 5.75 Å². The summed E-state index contributed by atoms with van der Waals surface area (Å²) in [7, 11) is 3.61. The number of ether oxygens (including phenoxy) is 1. The molecule has 0 aliphatic rings. The maximum absolute atomic E-state index is 12.5. The minimum Gasteiger partial charge on any atom is -0.497 e. The van der Waals surface area contributed by atoms with Crippen LogP contribution in [0.15, 0.2) is 54.6 Å². The van der Waals surface area contributed by atoms with E-state index in [9.17, 15) is 4.79 Å². The zero-order chi connectivity index (χ0) is 19.2. The molecule has 27 heavy (non-hydrogen) atoms. The lowest BCUT2D eigenvalue weighted by Crippen LogP contribution is -2.25. The number of nitrogens with one attached hydrogen (secondary N) is 1. The van der Waals surface area contributed by atoms with Gasteiger partial charge in [0.2, 0.25) is 0 Å². The fraction of sp³-hybridized carbons (Fsp3) is 0.238. The number of aryl methyl sites for hydroxylation is 1. The molecule has 2 aromatic carbocycles. The van der Waals surface area contributed by atoms with Gasteiger partial charge in [0.15, 0.2) is 5.13 Å². The van der Waals surface area contributed by atoms with Crippen molar-refractivity contribution < 1.29 is 9.53 Å². The molecule has 0 bridgehead atoms. The molecular formula is C21H23N3O2S. The number of carbonyl (C=O) groups is 1. The third-order valence-corrected chi connectivity index (χ3v) is 5.51. The summed E-state index contributed by atoms with van der Waals surface area (Å²) in [5.41, 5.74) is 2.94. The molecule has 1 aromatic heterocycles. The number of amides is 1. The first-order chi connectivity index (χ1) is 13.1. The van der Waals surface area contributed by atoms with Crippen molar-refractivity contribution in [3.05, 3.63) is 70.7 Å². The second kappa shape index (κ2) is 8.68. The number of benzene rings is 2. The van der Waals surface area contributed by atoms with E-state index in [-0.39, 0.29) is 5.91 Å². The van der Waals surface area contributed by atoms with E-state index in [1.54, 1.807) is 7.11 Å². The number of anilines is 2. The number of aromatic nitrogens is 1. The summed E-state index contributed by atoms with van der Waals surface area (Å²) in [5, 5.41) is 3.80. The van der Waals surface area contributed by atoms with Crippen LogP contribution in [0.4, 0.5) is 10.8 Å². The van der Waals surface area contributed by atoms with E-state index in [0.29, 0.717) is 11.4 Å². The van der Waals surface area contributed by atoms with Crippen LogP contribution in [0.2, 0.25) is 0 Å². The lowest BCUT2D eigenvalue weighted by atomic mass is 10.1. The molecule has 0 radical (unpaired) electrons. The van der Waals surface area contributed by atoms with Crippen LogP contribution in [-0.2, 0) is 6.42 Å². The summed E-state index contributed by atoms with van der Waals surface area (Å²) in [6.45, 7) is 2.45. The summed E-state index contributed by atoms with van der Waals surface area (Å²) in [6.07, 6.45) is 0.768. The van der Waals surface area contributed by atoms with Gasteiger partial charge in [-0.1, -0.05) is 41.7 Å². The average molecular weight is 382 g/mol. The second-order valence-electron chi connectivity index (χ2n) is 6.16. The molecule has 3 rings (SSSR count). The van der Waals surface area contributed by atoms with Gasteiger partial charge in [0.1, 0.15) is 10.6 Å². The second-order valence-corrected chi connectivity index (χ2v) is 7.14. The first-order valence-corrected chi connectivity index (χ1v) is 9.57. The van der Waals surface area contributed by atoms with Crippen molar-refractivity contribution in [1.82, 2.24) is 10.3 Å². The van der Waals surface area contributed by atoms with Crippen LogP contribution in [0.25, 0.3) is 0 Å². The number of methoxy groups -OCH3 is 1. The van der Waals surface area contributed by atoms with E-state index < -0.39 is 0 Å². The molecule has 0 fully saturated rings. The number of nitrogens with zero attached hydrogens (tertiary/aromatic N) is 2. The van der Waals surface area contributed by atoms with Gasteiger partial charge in [-0.3, -0.25) is 4.79 Å². The Morgan fingerprint density at radius 2 is 1.85 bits per heavy atom. The van der Waals surface area contributed by atoms with E-state index in [4.69, 9.17) is 4.74 Å². The standard InChI is InChI=1S/C21H23N3O2S/c1-15-19(27-21(23-15)24(2)17-7-5-4-6-8-17)20(25)22-14-13-16-9-11-18(26-3)12-10-16/h4-12H,13-14H2,1-3H3,(H,22,25). The van der Waals surface area contributed by atoms with E-state index >= 15 is 0 Å². The highest BCUT2D eigenvalue weighted by Crippen LogP contribution is 2.30. The van der Waals surface area contributed by atoms with Crippen molar-refractivity contribution in [3.63, 3.8) is 0 Å². The molecule has 3 aromatic rings. The Balaban J connectivity index is 1.60. The quantitative estimate of drug-likeness (QED) is 0.666.